The average Bonchev–Trinajstić information content (AvgIpc) is 2.95. The maximum atomic E-state index is 11.5. The van der Waals surface area contributed by atoms with Gasteiger partial charge in [0.15, 0.2) is 16.2 Å². The molecule has 0 saturated carbocycles. The molecule has 0 atom stereocenters. The summed E-state index contributed by atoms with van der Waals surface area (Å²) in [6.45, 7) is 0. The molecule has 0 unspecified atom stereocenters. The first kappa shape index (κ1) is 11.5. The fraction of sp³-hybridized carbons (Fsp3) is 0. The van der Waals surface area contributed by atoms with E-state index in [2.05, 4.69) is 26.8 Å². The van der Waals surface area contributed by atoms with Crippen LogP contribution in [0.5, 0.6) is 0 Å². The first-order valence-electron chi connectivity index (χ1n) is 4.56. The van der Waals surface area contributed by atoms with E-state index in [4.69, 9.17) is 8.83 Å². The molecule has 17 heavy (non-hydrogen) atoms. The Balaban J connectivity index is 1.91. The fourth-order valence-electron chi connectivity index (χ4n) is 1.08. The van der Waals surface area contributed by atoms with Gasteiger partial charge in [-0.05, 0) is 40.2 Å². The summed E-state index contributed by atoms with van der Waals surface area (Å²) in [6, 6.07) is 6.09. The minimum atomic E-state index is -0.560. The summed E-state index contributed by atoms with van der Waals surface area (Å²) in [6.07, 6.45) is 1.36. The number of carbonyl (C=O) groups excluding carboxylic acids is 2. The SMILES string of the molecule is O=C(NNC(=O)c1ccc(Br)o1)c1ccco1. The van der Waals surface area contributed by atoms with Crippen LogP contribution >= 0.6 is 15.9 Å². The molecule has 88 valence electrons. The lowest BCUT2D eigenvalue weighted by atomic mass is 10.4. The highest BCUT2D eigenvalue weighted by Gasteiger charge is 2.13. The lowest BCUT2D eigenvalue weighted by molar-refractivity contribution is 0.0816. The third-order valence-corrected chi connectivity index (χ3v) is 2.26. The van der Waals surface area contributed by atoms with Crippen LogP contribution in [-0.2, 0) is 0 Å². The molecular formula is C10H7BrN2O4. The Morgan fingerprint density at radius 3 is 2.29 bits per heavy atom. The van der Waals surface area contributed by atoms with Crippen molar-refractivity contribution in [2.45, 2.75) is 0 Å². The Morgan fingerprint density at radius 2 is 1.76 bits per heavy atom. The third kappa shape index (κ3) is 2.76. The number of halogens is 1. The molecule has 2 heterocycles. The molecule has 0 fully saturated rings. The second-order valence-corrected chi connectivity index (χ2v) is 3.77. The highest BCUT2D eigenvalue weighted by Crippen LogP contribution is 2.13. The van der Waals surface area contributed by atoms with Crippen molar-refractivity contribution in [2.75, 3.05) is 0 Å². The first-order valence-corrected chi connectivity index (χ1v) is 5.35. The minimum Gasteiger partial charge on any atom is -0.459 e. The van der Waals surface area contributed by atoms with Crippen molar-refractivity contribution < 1.29 is 18.4 Å². The smallest absolute Gasteiger partial charge is 0.305 e. The van der Waals surface area contributed by atoms with Crippen LogP contribution in [0.25, 0.3) is 0 Å². The van der Waals surface area contributed by atoms with Crippen molar-refractivity contribution in [1.82, 2.24) is 10.9 Å². The Morgan fingerprint density at radius 1 is 1.06 bits per heavy atom. The van der Waals surface area contributed by atoms with Crippen molar-refractivity contribution in [3.05, 3.63) is 46.7 Å². The van der Waals surface area contributed by atoms with E-state index in [0.717, 1.165) is 0 Å². The highest BCUT2D eigenvalue weighted by atomic mass is 79.9. The van der Waals surface area contributed by atoms with Gasteiger partial charge in [-0.25, -0.2) is 0 Å². The van der Waals surface area contributed by atoms with Crippen molar-refractivity contribution in [3.63, 3.8) is 0 Å². The van der Waals surface area contributed by atoms with Crippen LogP contribution in [0.3, 0.4) is 0 Å². The Labute approximate surface area is 104 Å². The predicted molar refractivity (Wildman–Crippen MR) is 60.0 cm³/mol. The first-order chi connectivity index (χ1) is 8.16. The number of hydrogen-bond donors (Lipinski definition) is 2. The normalized spacial score (nSPS) is 9.94. The maximum absolute atomic E-state index is 11.5. The number of amides is 2. The topological polar surface area (TPSA) is 84.5 Å². The molecule has 0 aromatic carbocycles. The zero-order valence-corrected chi connectivity index (χ0v) is 9.98. The summed E-state index contributed by atoms with van der Waals surface area (Å²) < 4.78 is 10.3. The summed E-state index contributed by atoms with van der Waals surface area (Å²) in [7, 11) is 0. The van der Waals surface area contributed by atoms with Crippen molar-refractivity contribution in [3.8, 4) is 0 Å². The molecule has 0 aliphatic rings. The summed E-state index contributed by atoms with van der Waals surface area (Å²) in [5.74, 6) is -0.924. The Hall–Kier alpha value is -2.02. The molecule has 0 aliphatic heterocycles. The van der Waals surface area contributed by atoms with Gasteiger partial charge in [0.2, 0.25) is 0 Å². The Bertz CT molecular complexity index is 532. The molecule has 2 amide bonds. The van der Waals surface area contributed by atoms with Crippen LogP contribution < -0.4 is 10.9 Å². The van der Waals surface area contributed by atoms with Crippen molar-refractivity contribution in [2.24, 2.45) is 0 Å². The lowest BCUT2D eigenvalue weighted by Gasteiger charge is -2.03. The number of hydrazine groups is 1. The zero-order valence-electron chi connectivity index (χ0n) is 8.40. The number of hydrogen-bond acceptors (Lipinski definition) is 4. The van der Waals surface area contributed by atoms with Gasteiger partial charge in [-0.1, -0.05) is 0 Å². The van der Waals surface area contributed by atoms with Crippen LogP contribution in [-0.4, -0.2) is 11.8 Å². The standard InChI is InChI=1S/C10H7BrN2O4/c11-8-4-3-7(17-8)10(15)13-12-9(14)6-2-1-5-16-6/h1-5H,(H,12,14)(H,13,15). The van der Waals surface area contributed by atoms with E-state index in [1.807, 2.05) is 0 Å². The van der Waals surface area contributed by atoms with Gasteiger partial charge in [-0.2, -0.15) is 0 Å². The van der Waals surface area contributed by atoms with E-state index in [1.165, 1.54) is 18.4 Å². The maximum Gasteiger partial charge on any atom is 0.305 e. The molecule has 0 bridgehead atoms. The summed E-state index contributed by atoms with van der Waals surface area (Å²) >= 11 is 3.06. The second-order valence-electron chi connectivity index (χ2n) is 2.99. The summed E-state index contributed by atoms with van der Waals surface area (Å²) in [5.41, 5.74) is 4.37. The summed E-state index contributed by atoms with van der Waals surface area (Å²) in [5, 5.41) is 0. The molecule has 2 N–H and O–H groups in total. The molecule has 2 aromatic rings. The zero-order chi connectivity index (χ0) is 12.3. The molecule has 6 nitrogen and oxygen atoms in total. The van der Waals surface area contributed by atoms with E-state index in [0.29, 0.717) is 4.67 Å². The van der Waals surface area contributed by atoms with Gasteiger partial charge < -0.3 is 8.83 Å². The Kier molecular flexibility index (Phi) is 3.29. The van der Waals surface area contributed by atoms with Gasteiger partial charge >= 0.3 is 11.8 Å². The van der Waals surface area contributed by atoms with E-state index < -0.39 is 11.8 Å². The monoisotopic (exact) mass is 298 g/mol. The van der Waals surface area contributed by atoms with Gasteiger partial charge in [0.25, 0.3) is 0 Å². The van der Waals surface area contributed by atoms with Crippen LogP contribution in [0.2, 0.25) is 0 Å². The third-order valence-electron chi connectivity index (χ3n) is 1.83. The number of furan rings is 2. The van der Waals surface area contributed by atoms with E-state index in [1.54, 1.807) is 12.1 Å². The molecule has 2 aromatic heterocycles. The fourth-order valence-corrected chi connectivity index (χ4v) is 1.39. The average molecular weight is 299 g/mol. The molecule has 7 heteroatoms. The largest absolute Gasteiger partial charge is 0.459 e. The molecule has 2 rings (SSSR count). The quantitative estimate of drug-likeness (QED) is 0.827. The van der Waals surface area contributed by atoms with Crippen LogP contribution in [0.1, 0.15) is 21.1 Å². The van der Waals surface area contributed by atoms with Crippen LogP contribution in [0.15, 0.2) is 44.0 Å². The van der Waals surface area contributed by atoms with Gasteiger partial charge in [0.05, 0.1) is 6.26 Å². The van der Waals surface area contributed by atoms with Gasteiger partial charge in [0, 0.05) is 0 Å². The summed E-state index contributed by atoms with van der Waals surface area (Å²) in [4.78, 5) is 22.8. The molecule has 0 aliphatic carbocycles. The van der Waals surface area contributed by atoms with Gasteiger partial charge in [0.1, 0.15) is 0 Å². The van der Waals surface area contributed by atoms with Crippen molar-refractivity contribution in [1.29, 1.82) is 0 Å². The number of nitrogens with one attached hydrogen (secondary N) is 2. The van der Waals surface area contributed by atoms with Crippen molar-refractivity contribution >= 4 is 27.7 Å². The number of rotatable bonds is 2. The lowest BCUT2D eigenvalue weighted by Crippen LogP contribution is -2.41. The van der Waals surface area contributed by atoms with E-state index >= 15 is 0 Å². The highest BCUT2D eigenvalue weighted by molar-refractivity contribution is 9.10. The molecule has 0 saturated heterocycles. The van der Waals surface area contributed by atoms with Gasteiger partial charge in [-0.15, -0.1) is 0 Å². The molecule has 0 spiro atoms. The minimum absolute atomic E-state index is 0.0802. The number of carbonyl (C=O) groups is 2. The van der Waals surface area contributed by atoms with E-state index in [-0.39, 0.29) is 11.5 Å². The van der Waals surface area contributed by atoms with E-state index in [9.17, 15) is 9.59 Å². The second kappa shape index (κ2) is 4.88. The van der Waals surface area contributed by atoms with Crippen LogP contribution in [0, 0.1) is 0 Å². The van der Waals surface area contributed by atoms with Gasteiger partial charge in [-0.3, -0.25) is 20.4 Å². The predicted octanol–water partition coefficient (Wildman–Crippen LogP) is 1.71. The molecular weight excluding hydrogens is 292 g/mol. The molecule has 0 radical (unpaired) electrons. The van der Waals surface area contributed by atoms with Crippen LogP contribution in [0.4, 0.5) is 0 Å².